The molecule has 2 N–H and O–H groups in total. The summed E-state index contributed by atoms with van der Waals surface area (Å²) in [5, 5.41) is 5.59. The number of amidine groups is 1. The largest absolute Gasteiger partial charge is 0.497 e. The van der Waals surface area contributed by atoms with E-state index in [1.54, 1.807) is 31.4 Å². The number of hydrogen-bond acceptors (Lipinski definition) is 5. The zero-order valence-corrected chi connectivity index (χ0v) is 16.2. The smallest absolute Gasteiger partial charge is 0.240 e. The molecule has 1 fully saturated rings. The number of methoxy groups -OCH3 is 1. The summed E-state index contributed by atoms with van der Waals surface area (Å²) in [6.45, 7) is 3.96. The molecule has 0 radical (unpaired) electrons. The number of aryl methyl sites for hydroxylation is 2. The highest BCUT2D eigenvalue weighted by Crippen LogP contribution is 2.29. The van der Waals surface area contributed by atoms with Crippen molar-refractivity contribution in [2.45, 2.75) is 25.5 Å². The van der Waals surface area contributed by atoms with Gasteiger partial charge in [-0.25, -0.2) is 4.99 Å². The molecule has 6 nitrogen and oxygen atoms in total. The van der Waals surface area contributed by atoms with Gasteiger partial charge in [0.15, 0.2) is 5.17 Å². The Hall–Kier alpha value is -2.80. The van der Waals surface area contributed by atoms with Gasteiger partial charge < -0.3 is 15.4 Å². The van der Waals surface area contributed by atoms with E-state index in [0.29, 0.717) is 16.6 Å². The van der Waals surface area contributed by atoms with E-state index < -0.39 is 5.25 Å². The van der Waals surface area contributed by atoms with Crippen LogP contribution in [0.25, 0.3) is 0 Å². The number of carbonyl (C=O) groups excluding carboxylic acids is 2. The van der Waals surface area contributed by atoms with Crippen molar-refractivity contribution in [3.05, 3.63) is 53.6 Å². The van der Waals surface area contributed by atoms with Gasteiger partial charge in [-0.15, -0.1) is 0 Å². The molecule has 0 bridgehead atoms. The summed E-state index contributed by atoms with van der Waals surface area (Å²) >= 11 is 1.28. The van der Waals surface area contributed by atoms with Crippen LogP contribution in [0.3, 0.4) is 0 Å². The highest BCUT2D eigenvalue weighted by Gasteiger charge is 2.32. The molecule has 1 aliphatic heterocycles. The normalized spacial score (nSPS) is 17.7. The molecule has 2 aromatic rings. The Bertz CT molecular complexity index is 891. The first-order chi connectivity index (χ1) is 13.0. The van der Waals surface area contributed by atoms with Gasteiger partial charge in [-0.1, -0.05) is 36.0 Å². The highest BCUT2D eigenvalue weighted by atomic mass is 32.2. The summed E-state index contributed by atoms with van der Waals surface area (Å²) in [7, 11) is 1.57. The van der Waals surface area contributed by atoms with E-state index >= 15 is 0 Å². The molecule has 140 valence electrons. The third-order valence-electron chi connectivity index (χ3n) is 4.15. The Kier molecular flexibility index (Phi) is 5.81. The van der Waals surface area contributed by atoms with Crippen molar-refractivity contribution < 1.29 is 14.3 Å². The number of rotatable bonds is 5. The second kappa shape index (κ2) is 8.26. The predicted octanol–water partition coefficient (Wildman–Crippen LogP) is 3.56. The van der Waals surface area contributed by atoms with Crippen LogP contribution >= 0.6 is 11.8 Å². The van der Waals surface area contributed by atoms with Crippen LogP contribution in [0.15, 0.2) is 47.5 Å². The van der Waals surface area contributed by atoms with Crippen LogP contribution in [0.2, 0.25) is 0 Å². The van der Waals surface area contributed by atoms with Crippen LogP contribution in [0.5, 0.6) is 5.75 Å². The number of para-hydroxylation sites is 1. The number of nitrogens with one attached hydrogen (secondary N) is 2. The first-order valence-electron chi connectivity index (χ1n) is 8.52. The van der Waals surface area contributed by atoms with Gasteiger partial charge in [0.25, 0.3) is 0 Å². The Labute approximate surface area is 162 Å². The van der Waals surface area contributed by atoms with Crippen LogP contribution in [0, 0.1) is 13.8 Å². The fourth-order valence-electron chi connectivity index (χ4n) is 2.76. The van der Waals surface area contributed by atoms with Crippen LogP contribution < -0.4 is 15.4 Å². The Morgan fingerprint density at radius 1 is 1.22 bits per heavy atom. The highest BCUT2D eigenvalue weighted by molar-refractivity contribution is 8.15. The van der Waals surface area contributed by atoms with Gasteiger partial charge in [-0.3, -0.25) is 9.59 Å². The number of ether oxygens (including phenoxy) is 1. The van der Waals surface area contributed by atoms with E-state index in [9.17, 15) is 9.59 Å². The number of benzene rings is 2. The molecule has 0 spiro atoms. The van der Waals surface area contributed by atoms with Gasteiger partial charge in [-0.05, 0) is 37.1 Å². The summed E-state index contributed by atoms with van der Waals surface area (Å²) in [5.74, 6) is 0.221. The van der Waals surface area contributed by atoms with Gasteiger partial charge in [0.05, 0.1) is 12.8 Å². The molecule has 27 heavy (non-hydrogen) atoms. The maximum atomic E-state index is 12.3. The second-order valence-electron chi connectivity index (χ2n) is 6.24. The minimum atomic E-state index is -0.501. The summed E-state index contributed by atoms with van der Waals surface area (Å²) in [6.07, 6.45) is 0.0689. The molecular weight excluding hydrogens is 362 g/mol. The Morgan fingerprint density at radius 2 is 1.93 bits per heavy atom. The number of anilines is 1. The zero-order chi connectivity index (χ0) is 19.4. The fraction of sp³-hybridized carbons (Fsp3) is 0.250. The molecule has 3 rings (SSSR count). The fourth-order valence-corrected chi connectivity index (χ4v) is 3.73. The number of hydrogen-bond donors (Lipinski definition) is 2. The standard InChI is InChI=1S/C20H21N3O3S/c1-12-6-4-7-13(2)18(12)22-20-23-19(25)16(27-20)11-17(24)21-14-8-5-9-15(10-14)26-3/h4-10,16H,11H2,1-3H3,(H,21,24)(H,22,23,25)/t16-/m1/s1. The van der Waals surface area contributed by atoms with Crippen LogP contribution in [-0.4, -0.2) is 29.3 Å². The Balaban J connectivity index is 1.65. The number of thioether (sulfide) groups is 1. The maximum Gasteiger partial charge on any atom is 0.240 e. The summed E-state index contributed by atoms with van der Waals surface area (Å²) < 4.78 is 5.14. The van der Waals surface area contributed by atoms with Gasteiger partial charge >= 0.3 is 0 Å². The predicted molar refractivity (Wildman–Crippen MR) is 109 cm³/mol. The molecule has 0 unspecified atom stereocenters. The molecule has 1 heterocycles. The minimum absolute atomic E-state index is 0.0689. The van der Waals surface area contributed by atoms with E-state index in [1.807, 2.05) is 32.0 Å². The summed E-state index contributed by atoms with van der Waals surface area (Å²) in [4.78, 5) is 29.1. The summed E-state index contributed by atoms with van der Waals surface area (Å²) in [5.41, 5.74) is 3.56. The molecule has 7 heteroatoms. The third-order valence-corrected chi connectivity index (χ3v) is 5.24. The minimum Gasteiger partial charge on any atom is -0.497 e. The average Bonchev–Trinajstić information content (AvgIpc) is 2.97. The lowest BCUT2D eigenvalue weighted by Gasteiger charge is -2.08. The maximum absolute atomic E-state index is 12.3. The van der Waals surface area contributed by atoms with Crippen molar-refractivity contribution in [2.75, 3.05) is 12.4 Å². The number of carbonyl (C=O) groups is 2. The number of nitrogens with zero attached hydrogens (tertiary/aromatic N) is 1. The lowest BCUT2D eigenvalue weighted by Crippen LogP contribution is -2.28. The monoisotopic (exact) mass is 383 g/mol. The van der Waals surface area contributed by atoms with E-state index in [4.69, 9.17) is 4.74 Å². The van der Waals surface area contributed by atoms with Crippen molar-refractivity contribution in [3.63, 3.8) is 0 Å². The van der Waals surface area contributed by atoms with E-state index in [0.717, 1.165) is 16.8 Å². The molecular formula is C20H21N3O3S. The average molecular weight is 383 g/mol. The third kappa shape index (κ3) is 4.68. The first kappa shape index (κ1) is 19.0. The molecule has 1 aliphatic rings. The van der Waals surface area contributed by atoms with Gasteiger partial charge in [0.2, 0.25) is 11.8 Å². The summed E-state index contributed by atoms with van der Waals surface area (Å²) in [6, 6.07) is 13.0. The molecule has 0 aromatic heterocycles. The van der Waals surface area contributed by atoms with E-state index in [1.165, 1.54) is 11.8 Å². The lowest BCUT2D eigenvalue weighted by molar-refractivity contribution is -0.122. The lowest BCUT2D eigenvalue weighted by atomic mass is 10.1. The van der Waals surface area contributed by atoms with Gasteiger partial charge in [-0.2, -0.15) is 0 Å². The van der Waals surface area contributed by atoms with Crippen LogP contribution in [0.1, 0.15) is 17.5 Å². The Morgan fingerprint density at radius 3 is 2.63 bits per heavy atom. The molecule has 0 aliphatic carbocycles. The quantitative estimate of drug-likeness (QED) is 0.827. The zero-order valence-electron chi connectivity index (χ0n) is 15.4. The molecule has 2 aromatic carbocycles. The molecule has 2 amide bonds. The molecule has 0 saturated carbocycles. The van der Waals surface area contributed by atoms with Crippen molar-refractivity contribution in [2.24, 2.45) is 4.99 Å². The number of aliphatic imine (C=N–C) groups is 1. The van der Waals surface area contributed by atoms with E-state index in [2.05, 4.69) is 15.6 Å². The number of amides is 2. The van der Waals surface area contributed by atoms with Crippen LogP contribution in [-0.2, 0) is 9.59 Å². The molecule has 1 atom stereocenters. The van der Waals surface area contributed by atoms with Gasteiger partial charge in [0.1, 0.15) is 11.0 Å². The second-order valence-corrected chi connectivity index (χ2v) is 7.43. The molecule has 1 saturated heterocycles. The van der Waals surface area contributed by atoms with Crippen LogP contribution in [0.4, 0.5) is 11.4 Å². The topological polar surface area (TPSA) is 79.8 Å². The van der Waals surface area contributed by atoms with Crippen molar-refractivity contribution in [1.82, 2.24) is 5.32 Å². The van der Waals surface area contributed by atoms with Crippen molar-refractivity contribution in [1.29, 1.82) is 0 Å². The van der Waals surface area contributed by atoms with Crippen molar-refractivity contribution >= 4 is 40.1 Å². The SMILES string of the molecule is COc1cccc(NC(=O)C[C@H]2SC(=Nc3c(C)cccc3C)NC2=O)c1. The van der Waals surface area contributed by atoms with Crippen molar-refractivity contribution in [3.8, 4) is 5.75 Å². The first-order valence-corrected chi connectivity index (χ1v) is 9.40. The van der Waals surface area contributed by atoms with Gasteiger partial charge in [0, 0.05) is 18.2 Å². The van der Waals surface area contributed by atoms with E-state index in [-0.39, 0.29) is 18.2 Å².